The molecule has 0 aliphatic rings. The van der Waals surface area contributed by atoms with Crippen LogP contribution in [0.2, 0.25) is 0 Å². The van der Waals surface area contributed by atoms with E-state index in [4.69, 9.17) is 9.84 Å². The summed E-state index contributed by atoms with van der Waals surface area (Å²) in [5, 5.41) is 8.83. The van der Waals surface area contributed by atoms with Gasteiger partial charge in [-0.15, -0.1) is 0 Å². The summed E-state index contributed by atoms with van der Waals surface area (Å²) in [6, 6.07) is 23.5. The molecule has 0 unspecified atom stereocenters. The van der Waals surface area contributed by atoms with Crippen LogP contribution in [0.5, 0.6) is 5.75 Å². The van der Waals surface area contributed by atoms with Gasteiger partial charge < -0.3 is 9.84 Å². The predicted molar refractivity (Wildman–Crippen MR) is 129 cm³/mol. The second kappa shape index (κ2) is 12.1. The summed E-state index contributed by atoms with van der Waals surface area (Å²) in [4.78, 5) is 11.0. The molecule has 0 spiro atoms. The molecule has 0 aliphatic heterocycles. The largest absolute Gasteiger partial charge is 0.493 e. The lowest BCUT2D eigenvalue weighted by molar-refractivity contribution is -0.137. The first-order chi connectivity index (χ1) is 16.0. The Balaban J connectivity index is 1.51. The predicted octanol–water partition coefficient (Wildman–Crippen LogP) is 5.30. The van der Waals surface area contributed by atoms with Gasteiger partial charge in [0.25, 0.3) is 10.0 Å². The maximum Gasteiger partial charge on any atom is 0.303 e. The molecular weight excluding hydrogens is 438 g/mol. The number of rotatable bonds is 13. The summed E-state index contributed by atoms with van der Waals surface area (Å²) in [6.07, 6.45) is 3.75. The average Bonchev–Trinajstić information content (AvgIpc) is 2.81. The van der Waals surface area contributed by atoms with Gasteiger partial charge in [0.2, 0.25) is 0 Å². The molecule has 0 aliphatic carbocycles. The number of carbonyl (C=O) groups is 1. The van der Waals surface area contributed by atoms with Crippen LogP contribution in [0, 0.1) is 0 Å². The van der Waals surface area contributed by atoms with Gasteiger partial charge in [0.15, 0.2) is 0 Å². The molecule has 0 saturated carbocycles. The fourth-order valence-electron chi connectivity index (χ4n) is 3.52. The Morgan fingerprint density at radius 1 is 0.788 bits per heavy atom. The van der Waals surface area contributed by atoms with E-state index < -0.39 is 16.0 Å². The van der Waals surface area contributed by atoms with Crippen LogP contribution in [-0.4, -0.2) is 26.1 Å². The SMILES string of the molecule is O=C(O)CCCc1ccccc1OCCCCc1ccccc1NS(=O)(=O)c1ccccc1. The van der Waals surface area contributed by atoms with Gasteiger partial charge in [-0.05, 0) is 67.5 Å². The molecule has 174 valence electrons. The number of sulfonamides is 1. The fraction of sp³-hybridized carbons (Fsp3) is 0.269. The van der Waals surface area contributed by atoms with Gasteiger partial charge >= 0.3 is 5.97 Å². The van der Waals surface area contributed by atoms with Crippen molar-refractivity contribution in [2.24, 2.45) is 0 Å². The maximum atomic E-state index is 12.7. The molecule has 0 radical (unpaired) electrons. The number of para-hydroxylation sites is 2. The van der Waals surface area contributed by atoms with E-state index in [2.05, 4.69) is 4.72 Å². The zero-order valence-electron chi connectivity index (χ0n) is 18.4. The highest BCUT2D eigenvalue weighted by molar-refractivity contribution is 7.92. The van der Waals surface area contributed by atoms with Gasteiger partial charge in [0, 0.05) is 6.42 Å². The summed E-state index contributed by atoms with van der Waals surface area (Å²) in [7, 11) is -3.64. The Bertz CT molecular complexity index is 1150. The molecule has 6 nitrogen and oxygen atoms in total. The van der Waals surface area contributed by atoms with E-state index in [9.17, 15) is 13.2 Å². The van der Waals surface area contributed by atoms with Crippen molar-refractivity contribution in [3.8, 4) is 5.75 Å². The lowest BCUT2D eigenvalue weighted by atomic mass is 10.1. The number of aliphatic carboxylic acids is 1. The third-order valence-corrected chi connectivity index (χ3v) is 6.60. The topological polar surface area (TPSA) is 92.7 Å². The molecule has 0 fully saturated rings. The number of hydrogen-bond acceptors (Lipinski definition) is 4. The monoisotopic (exact) mass is 467 g/mol. The van der Waals surface area contributed by atoms with E-state index in [0.29, 0.717) is 25.1 Å². The van der Waals surface area contributed by atoms with Crippen LogP contribution in [0.25, 0.3) is 0 Å². The summed E-state index contributed by atoms with van der Waals surface area (Å²) in [6.45, 7) is 0.536. The van der Waals surface area contributed by atoms with E-state index in [1.165, 1.54) is 0 Å². The highest BCUT2D eigenvalue weighted by Gasteiger charge is 2.15. The van der Waals surface area contributed by atoms with Crippen molar-refractivity contribution in [3.63, 3.8) is 0 Å². The molecule has 0 amide bonds. The minimum Gasteiger partial charge on any atom is -0.493 e. The minimum absolute atomic E-state index is 0.141. The van der Waals surface area contributed by atoms with Crippen molar-refractivity contribution in [2.45, 2.75) is 43.4 Å². The number of hydrogen-bond donors (Lipinski definition) is 2. The summed E-state index contributed by atoms with van der Waals surface area (Å²) in [5.74, 6) is -0.00125. The van der Waals surface area contributed by atoms with Gasteiger partial charge in [-0.3, -0.25) is 9.52 Å². The Kier molecular flexibility index (Phi) is 8.89. The second-order valence-electron chi connectivity index (χ2n) is 7.74. The molecule has 33 heavy (non-hydrogen) atoms. The van der Waals surface area contributed by atoms with Gasteiger partial charge in [-0.2, -0.15) is 0 Å². The number of nitrogens with one attached hydrogen (secondary N) is 1. The first-order valence-electron chi connectivity index (χ1n) is 11.0. The number of carboxylic acids is 1. The van der Waals surface area contributed by atoms with E-state index >= 15 is 0 Å². The summed E-state index contributed by atoms with van der Waals surface area (Å²) >= 11 is 0. The van der Waals surface area contributed by atoms with E-state index in [1.54, 1.807) is 36.4 Å². The Morgan fingerprint density at radius 2 is 1.42 bits per heavy atom. The molecule has 3 aromatic rings. The van der Waals surface area contributed by atoms with Crippen molar-refractivity contribution in [1.29, 1.82) is 0 Å². The highest BCUT2D eigenvalue weighted by Crippen LogP contribution is 2.23. The van der Waals surface area contributed by atoms with Gasteiger partial charge in [-0.1, -0.05) is 54.6 Å². The number of benzene rings is 3. The van der Waals surface area contributed by atoms with Gasteiger partial charge in [0.1, 0.15) is 5.75 Å². The maximum absolute atomic E-state index is 12.7. The first-order valence-corrected chi connectivity index (χ1v) is 12.5. The van der Waals surface area contributed by atoms with Crippen molar-refractivity contribution < 1.29 is 23.1 Å². The molecule has 0 aromatic heterocycles. The standard InChI is InChI=1S/C26H29NO5S/c28-26(29)19-10-14-22-13-5-7-18-25(22)32-20-9-8-12-21-11-4-6-17-24(21)27-33(30,31)23-15-2-1-3-16-23/h1-7,11,13,15-18,27H,8-10,12,14,19-20H2,(H,28,29). The van der Waals surface area contributed by atoms with Crippen LogP contribution in [0.3, 0.4) is 0 Å². The summed E-state index contributed by atoms with van der Waals surface area (Å²) in [5.41, 5.74) is 2.54. The van der Waals surface area contributed by atoms with E-state index in [-0.39, 0.29) is 11.3 Å². The number of carboxylic acid groups (broad SMARTS) is 1. The van der Waals surface area contributed by atoms with Gasteiger partial charge in [0.05, 0.1) is 17.2 Å². The number of anilines is 1. The normalized spacial score (nSPS) is 11.2. The molecule has 2 N–H and O–H groups in total. The molecule has 0 bridgehead atoms. The lowest BCUT2D eigenvalue weighted by Crippen LogP contribution is -2.14. The van der Waals surface area contributed by atoms with Crippen molar-refractivity contribution >= 4 is 21.7 Å². The summed E-state index contributed by atoms with van der Waals surface area (Å²) < 4.78 is 34.0. The molecule has 3 rings (SSSR count). The zero-order chi connectivity index (χ0) is 23.5. The Labute approximate surface area is 195 Å². The lowest BCUT2D eigenvalue weighted by Gasteiger charge is -2.13. The van der Waals surface area contributed by atoms with Gasteiger partial charge in [-0.25, -0.2) is 8.42 Å². The molecule has 0 atom stereocenters. The van der Waals surface area contributed by atoms with E-state index in [1.807, 2.05) is 42.5 Å². The quantitative estimate of drug-likeness (QED) is 0.333. The van der Waals surface area contributed by atoms with E-state index in [0.717, 1.165) is 36.1 Å². The molecule has 7 heteroatoms. The van der Waals surface area contributed by atoms with Crippen LogP contribution in [-0.2, 0) is 27.7 Å². The molecule has 3 aromatic carbocycles. The molecule has 0 saturated heterocycles. The highest BCUT2D eigenvalue weighted by atomic mass is 32.2. The van der Waals surface area contributed by atoms with Crippen LogP contribution < -0.4 is 9.46 Å². The minimum atomic E-state index is -3.64. The van der Waals surface area contributed by atoms with Crippen molar-refractivity contribution in [2.75, 3.05) is 11.3 Å². The Morgan fingerprint density at radius 3 is 2.18 bits per heavy atom. The molecular formula is C26H29NO5S. The zero-order valence-corrected chi connectivity index (χ0v) is 19.3. The van der Waals surface area contributed by atoms with Crippen LogP contribution in [0.1, 0.15) is 36.8 Å². The second-order valence-corrected chi connectivity index (χ2v) is 9.42. The first kappa shape index (κ1) is 24.3. The number of ether oxygens (including phenoxy) is 1. The molecule has 0 heterocycles. The number of aryl methyl sites for hydroxylation is 2. The fourth-order valence-corrected chi connectivity index (χ4v) is 4.64. The third kappa shape index (κ3) is 7.64. The van der Waals surface area contributed by atoms with Crippen LogP contribution in [0.15, 0.2) is 83.8 Å². The van der Waals surface area contributed by atoms with Crippen LogP contribution >= 0.6 is 0 Å². The van der Waals surface area contributed by atoms with Crippen molar-refractivity contribution in [3.05, 3.63) is 90.0 Å². The average molecular weight is 468 g/mol. The third-order valence-electron chi connectivity index (χ3n) is 5.22. The van der Waals surface area contributed by atoms with Crippen LogP contribution in [0.4, 0.5) is 5.69 Å². The van der Waals surface area contributed by atoms with Crippen molar-refractivity contribution in [1.82, 2.24) is 0 Å². The smallest absolute Gasteiger partial charge is 0.303 e. The Hall–Kier alpha value is -3.32. The number of unbranched alkanes of at least 4 members (excludes halogenated alkanes) is 1.